The van der Waals surface area contributed by atoms with Gasteiger partial charge in [0.05, 0.1) is 19.3 Å². The van der Waals surface area contributed by atoms with Crippen LogP contribution in [0.4, 0.5) is 0 Å². The molecule has 5 heteroatoms. The van der Waals surface area contributed by atoms with Gasteiger partial charge in [0.1, 0.15) is 5.75 Å². The third kappa shape index (κ3) is 4.98. The molecule has 0 bridgehead atoms. The Morgan fingerprint density at radius 3 is 2.79 bits per heavy atom. The maximum absolute atomic E-state index is 5.46. The Morgan fingerprint density at radius 2 is 2.12 bits per heavy atom. The lowest BCUT2D eigenvalue weighted by atomic mass is 9.97. The van der Waals surface area contributed by atoms with E-state index in [0.29, 0.717) is 6.54 Å². The van der Waals surface area contributed by atoms with Crippen molar-refractivity contribution in [2.24, 2.45) is 4.99 Å². The number of hydrogen-bond acceptors (Lipinski definition) is 3. The maximum atomic E-state index is 5.46. The SMILES string of the molecule is CN=C(NCCC1=CCCCC1)NCc1ncc(C)c(OC)c1C. The number of hydrogen-bond donors (Lipinski definition) is 2. The Morgan fingerprint density at radius 1 is 1.29 bits per heavy atom. The van der Waals surface area contributed by atoms with E-state index in [1.807, 2.05) is 20.0 Å². The van der Waals surface area contributed by atoms with Crippen molar-refractivity contribution < 1.29 is 4.74 Å². The van der Waals surface area contributed by atoms with Crippen molar-refractivity contribution in [3.05, 3.63) is 34.7 Å². The molecule has 1 heterocycles. The summed E-state index contributed by atoms with van der Waals surface area (Å²) in [6.45, 7) is 5.60. The quantitative estimate of drug-likeness (QED) is 0.477. The molecular formula is C19H30N4O. The van der Waals surface area contributed by atoms with E-state index in [1.54, 1.807) is 19.7 Å². The van der Waals surface area contributed by atoms with Crippen molar-refractivity contribution in [3.8, 4) is 5.75 Å². The Bertz CT molecular complexity index is 608. The molecule has 0 radical (unpaired) electrons. The van der Waals surface area contributed by atoms with Crippen molar-refractivity contribution in [2.45, 2.75) is 52.5 Å². The maximum Gasteiger partial charge on any atom is 0.191 e. The van der Waals surface area contributed by atoms with Gasteiger partial charge in [-0.25, -0.2) is 0 Å². The molecule has 2 N–H and O–H groups in total. The van der Waals surface area contributed by atoms with E-state index in [1.165, 1.54) is 25.7 Å². The highest BCUT2D eigenvalue weighted by Gasteiger charge is 2.10. The van der Waals surface area contributed by atoms with Crippen molar-refractivity contribution in [1.29, 1.82) is 0 Å². The van der Waals surface area contributed by atoms with Gasteiger partial charge >= 0.3 is 0 Å². The molecule has 0 aromatic carbocycles. The lowest BCUT2D eigenvalue weighted by molar-refractivity contribution is 0.406. The molecule has 2 rings (SSSR count). The van der Waals surface area contributed by atoms with Gasteiger partial charge in [-0.2, -0.15) is 0 Å². The Labute approximate surface area is 145 Å². The average molecular weight is 330 g/mol. The monoisotopic (exact) mass is 330 g/mol. The number of allylic oxidation sites excluding steroid dienone is 1. The van der Waals surface area contributed by atoms with Crippen LogP contribution in [0.15, 0.2) is 22.8 Å². The second-order valence-corrected chi connectivity index (χ2v) is 6.26. The van der Waals surface area contributed by atoms with E-state index in [0.717, 1.165) is 41.5 Å². The van der Waals surface area contributed by atoms with E-state index in [4.69, 9.17) is 4.74 Å². The highest BCUT2D eigenvalue weighted by Crippen LogP contribution is 2.23. The van der Waals surface area contributed by atoms with Crippen molar-refractivity contribution >= 4 is 5.96 Å². The molecule has 24 heavy (non-hydrogen) atoms. The van der Waals surface area contributed by atoms with Crippen molar-refractivity contribution in [1.82, 2.24) is 15.6 Å². The van der Waals surface area contributed by atoms with Gasteiger partial charge in [0.25, 0.3) is 0 Å². The predicted molar refractivity (Wildman–Crippen MR) is 99.6 cm³/mol. The zero-order valence-electron chi connectivity index (χ0n) is 15.4. The van der Waals surface area contributed by atoms with Gasteiger partial charge in [0, 0.05) is 30.9 Å². The van der Waals surface area contributed by atoms with Gasteiger partial charge in [-0.05, 0) is 46.0 Å². The molecule has 1 aliphatic carbocycles. The normalized spacial score (nSPS) is 15.0. The summed E-state index contributed by atoms with van der Waals surface area (Å²) in [4.78, 5) is 8.80. The zero-order valence-corrected chi connectivity index (χ0v) is 15.4. The zero-order chi connectivity index (χ0) is 17.4. The summed E-state index contributed by atoms with van der Waals surface area (Å²) in [5.41, 5.74) is 4.69. The minimum absolute atomic E-state index is 0.630. The van der Waals surface area contributed by atoms with Gasteiger partial charge in [0.2, 0.25) is 0 Å². The Hall–Kier alpha value is -2.04. The number of aryl methyl sites for hydroxylation is 1. The van der Waals surface area contributed by atoms with Crippen LogP contribution in [0.3, 0.4) is 0 Å². The molecule has 0 saturated heterocycles. The first-order valence-electron chi connectivity index (χ1n) is 8.77. The van der Waals surface area contributed by atoms with Crippen LogP contribution in [-0.4, -0.2) is 31.6 Å². The second-order valence-electron chi connectivity index (χ2n) is 6.26. The first-order valence-corrected chi connectivity index (χ1v) is 8.77. The van der Waals surface area contributed by atoms with E-state index in [2.05, 4.69) is 26.7 Å². The number of nitrogens with one attached hydrogen (secondary N) is 2. The first kappa shape index (κ1) is 18.3. The fourth-order valence-corrected chi connectivity index (χ4v) is 3.11. The predicted octanol–water partition coefficient (Wildman–Crippen LogP) is 3.26. The minimum atomic E-state index is 0.630. The molecule has 0 amide bonds. The van der Waals surface area contributed by atoms with Crippen LogP contribution >= 0.6 is 0 Å². The molecule has 1 aliphatic rings. The van der Waals surface area contributed by atoms with Gasteiger partial charge in [-0.15, -0.1) is 0 Å². The summed E-state index contributed by atoms with van der Waals surface area (Å²) >= 11 is 0. The smallest absolute Gasteiger partial charge is 0.191 e. The molecular weight excluding hydrogens is 300 g/mol. The lowest BCUT2D eigenvalue weighted by Gasteiger charge is -2.16. The largest absolute Gasteiger partial charge is 0.496 e. The summed E-state index contributed by atoms with van der Waals surface area (Å²) in [6, 6.07) is 0. The topological polar surface area (TPSA) is 58.5 Å². The molecule has 0 fully saturated rings. The highest BCUT2D eigenvalue weighted by molar-refractivity contribution is 5.79. The van der Waals surface area contributed by atoms with Crippen LogP contribution in [0, 0.1) is 13.8 Å². The highest BCUT2D eigenvalue weighted by atomic mass is 16.5. The molecule has 0 spiro atoms. The van der Waals surface area contributed by atoms with Crippen molar-refractivity contribution in [3.63, 3.8) is 0 Å². The van der Waals surface area contributed by atoms with Gasteiger partial charge in [0.15, 0.2) is 5.96 Å². The lowest BCUT2D eigenvalue weighted by Crippen LogP contribution is -2.37. The molecule has 0 atom stereocenters. The average Bonchev–Trinajstić information content (AvgIpc) is 2.60. The third-order valence-corrected chi connectivity index (χ3v) is 4.52. The van der Waals surface area contributed by atoms with Crippen LogP contribution in [0.1, 0.15) is 48.9 Å². The fourth-order valence-electron chi connectivity index (χ4n) is 3.11. The van der Waals surface area contributed by atoms with Crippen LogP contribution in [0.2, 0.25) is 0 Å². The number of aromatic nitrogens is 1. The minimum Gasteiger partial charge on any atom is -0.496 e. The molecule has 132 valence electrons. The van der Waals surface area contributed by atoms with E-state index in [9.17, 15) is 0 Å². The first-order chi connectivity index (χ1) is 11.7. The molecule has 0 saturated carbocycles. The molecule has 5 nitrogen and oxygen atoms in total. The number of rotatable bonds is 6. The number of nitrogens with zero attached hydrogens (tertiary/aromatic N) is 2. The number of ether oxygens (including phenoxy) is 1. The van der Waals surface area contributed by atoms with Gasteiger partial charge < -0.3 is 15.4 Å². The summed E-state index contributed by atoms with van der Waals surface area (Å²) in [5.74, 6) is 1.72. The number of guanidine groups is 1. The van der Waals surface area contributed by atoms with Gasteiger partial charge in [-0.1, -0.05) is 11.6 Å². The van der Waals surface area contributed by atoms with Crippen LogP contribution in [0.5, 0.6) is 5.75 Å². The summed E-state index contributed by atoms with van der Waals surface area (Å²) < 4.78 is 5.46. The molecule has 0 unspecified atom stereocenters. The van der Waals surface area contributed by atoms with E-state index < -0.39 is 0 Å². The van der Waals surface area contributed by atoms with Crippen LogP contribution in [-0.2, 0) is 6.54 Å². The van der Waals surface area contributed by atoms with E-state index >= 15 is 0 Å². The Balaban J connectivity index is 1.84. The number of methoxy groups -OCH3 is 1. The van der Waals surface area contributed by atoms with Gasteiger partial charge in [-0.3, -0.25) is 9.98 Å². The Kier molecular flexibility index (Phi) is 7.09. The second kappa shape index (κ2) is 9.30. The number of pyridine rings is 1. The molecule has 0 aliphatic heterocycles. The summed E-state index contributed by atoms with van der Waals surface area (Å²) in [5, 5.41) is 6.72. The van der Waals surface area contributed by atoms with Crippen LogP contribution in [0.25, 0.3) is 0 Å². The molecule has 1 aromatic rings. The van der Waals surface area contributed by atoms with Crippen LogP contribution < -0.4 is 15.4 Å². The summed E-state index contributed by atoms with van der Waals surface area (Å²) in [7, 11) is 3.50. The number of aliphatic imine (C=N–C) groups is 1. The summed E-state index contributed by atoms with van der Waals surface area (Å²) in [6.07, 6.45) is 10.5. The third-order valence-electron chi connectivity index (χ3n) is 4.52. The molecule has 1 aromatic heterocycles. The van der Waals surface area contributed by atoms with Crippen molar-refractivity contribution in [2.75, 3.05) is 20.7 Å². The van der Waals surface area contributed by atoms with E-state index in [-0.39, 0.29) is 0 Å². The standard InChI is InChI=1S/C19H30N4O/c1-14-12-22-17(15(2)18(14)24-4)13-23-19(20-3)21-11-10-16-8-6-5-7-9-16/h8,12H,5-7,9-11,13H2,1-4H3,(H2,20,21,23). The fraction of sp³-hybridized carbons (Fsp3) is 0.579.